The zero-order valence-corrected chi connectivity index (χ0v) is 16.0. The van der Waals surface area contributed by atoms with E-state index in [-0.39, 0.29) is 18.4 Å². The van der Waals surface area contributed by atoms with Gasteiger partial charge in [-0.15, -0.1) is 0 Å². The van der Waals surface area contributed by atoms with Crippen molar-refractivity contribution < 1.29 is 19.4 Å². The van der Waals surface area contributed by atoms with Gasteiger partial charge in [-0.2, -0.15) is 0 Å². The fraction of sp³-hybridized carbons (Fsp3) is 0.391. The minimum absolute atomic E-state index is 0.0408. The van der Waals surface area contributed by atoms with Gasteiger partial charge in [0.25, 0.3) is 0 Å². The summed E-state index contributed by atoms with van der Waals surface area (Å²) in [5.74, 6) is -0.934. The van der Waals surface area contributed by atoms with Gasteiger partial charge in [0.15, 0.2) is 0 Å². The van der Waals surface area contributed by atoms with Crippen LogP contribution in [0.3, 0.4) is 0 Å². The zero-order valence-electron chi connectivity index (χ0n) is 16.0. The van der Waals surface area contributed by atoms with Crippen LogP contribution in [-0.4, -0.2) is 36.7 Å². The average molecular weight is 381 g/mol. The quantitative estimate of drug-likeness (QED) is 0.735. The molecule has 5 heteroatoms. The van der Waals surface area contributed by atoms with E-state index in [1.807, 2.05) is 48.5 Å². The Hall–Kier alpha value is -2.66. The van der Waals surface area contributed by atoms with Crippen molar-refractivity contribution in [3.05, 3.63) is 71.8 Å². The molecule has 0 aromatic heterocycles. The van der Waals surface area contributed by atoms with Crippen LogP contribution in [0.4, 0.5) is 0 Å². The molecule has 1 heterocycles. The molecular formula is C23H27NO4. The highest BCUT2D eigenvalue weighted by Crippen LogP contribution is 2.30. The van der Waals surface area contributed by atoms with Gasteiger partial charge in [-0.3, -0.25) is 9.59 Å². The van der Waals surface area contributed by atoms with Gasteiger partial charge in [-0.25, -0.2) is 0 Å². The Bertz CT molecular complexity index is 770. The molecule has 148 valence electrons. The van der Waals surface area contributed by atoms with Gasteiger partial charge >= 0.3 is 5.97 Å². The Kier molecular flexibility index (Phi) is 6.82. The second-order valence-corrected chi connectivity index (χ2v) is 7.48. The number of ether oxygens (including phenoxy) is 1. The molecule has 1 aliphatic heterocycles. The molecule has 0 saturated carbocycles. The molecule has 1 saturated heterocycles. The molecule has 28 heavy (non-hydrogen) atoms. The summed E-state index contributed by atoms with van der Waals surface area (Å²) < 4.78 is 5.29. The van der Waals surface area contributed by atoms with E-state index in [1.54, 1.807) is 0 Å². The lowest BCUT2D eigenvalue weighted by molar-refractivity contribution is -0.154. The number of amides is 1. The van der Waals surface area contributed by atoms with Crippen molar-refractivity contribution >= 4 is 11.9 Å². The van der Waals surface area contributed by atoms with Crippen molar-refractivity contribution in [3.8, 4) is 0 Å². The highest BCUT2D eigenvalue weighted by atomic mass is 16.5. The number of benzene rings is 2. The first-order valence-corrected chi connectivity index (χ1v) is 9.76. The van der Waals surface area contributed by atoms with Crippen LogP contribution in [0.25, 0.3) is 0 Å². The molecule has 1 unspecified atom stereocenters. The molecular weight excluding hydrogens is 354 g/mol. The smallest absolute Gasteiger partial charge is 0.311 e. The molecule has 2 N–H and O–H groups in total. The second kappa shape index (κ2) is 9.51. The van der Waals surface area contributed by atoms with Gasteiger partial charge in [0.2, 0.25) is 5.91 Å². The van der Waals surface area contributed by atoms with Crippen molar-refractivity contribution in [3.63, 3.8) is 0 Å². The zero-order chi connectivity index (χ0) is 19.8. The number of nitrogens with one attached hydrogen (secondary N) is 1. The predicted molar refractivity (Wildman–Crippen MR) is 107 cm³/mol. The van der Waals surface area contributed by atoms with E-state index in [1.165, 1.54) is 5.56 Å². The lowest BCUT2D eigenvalue weighted by Crippen LogP contribution is -2.46. The SMILES string of the molecule is O=C(CC(Cc1ccccc1)c1ccccc1)NCC1(C(=O)O)CCOCC1. The fourth-order valence-electron chi connectivity index (χ4n) is 3.72. The van der Waals surface area contributed by atoms with Crippen LogP contribution >= 0.6 is 0 Å². The molecule has 0 bridgehead atoms. The van der Waals surface area contributed by atoms with Crippen LogP contribution in [0, 0.1) is 5.41 Å². The molecule has 1 atom stereocenters. The first-order valence-electron chi connectivity index (χ1n) is 9.76. The van der Waals surface area contributed by atoms with E-state index < -0.39 is 11.4 Å². The first-order chi connectivity index (χ1) is 13.6. The third-order valence-corrected chi connectivity index (χ3v) is 5.56. The monoisotopic (exact) mass is 381 g/mol. The Morgan fingerprint density at radius 2 is 1.61 bits per heavy atom. The predicted octanol–water partition coefficient (Wildman–Crippen LogP) is 3.40. The maximum absolute atomic E-state index is 12.7. The number of aliphatic carboxylic acids is 1. The van der Waals surface area contributed by atoms with Crippen LogP contribution < -0.4 is 5.32 Å². The summed E-state index contributed by atoms with van der Waals surface area (Å²) in [6.07, 6.45) is 1.94. The minimum atomic E-state index is -0.921. The van der Waals surface area contributed by atoms with Crippen LogP contribution in [0.1, 0.15) is 36.3 Å². The molecule has 0 radical (unpaired) electrons. The number of rotatable bonds is 8. The van der Waals surface area contributed by atoms with Gasteiger partial charge in [0.1, 0.15) is 0 Å². The van der Waals surface area contributed by atoms with Crippen LogP contribution in [-0.2, 0) is 20.7 Å². The number of hydrogen-bond donors (Lipinski definition) is 2. The standard InChI is InChI=1S/C23H27NO4/c25-21(24-17-23(22(26)27)11-13-28-14-12-23)16-20(19-9-5-2-6-10-19)15-18-7-3-1-4-8-18/h1-10,20H,11-17H2,(H,24,25)(H,26,27). The molecule has 1 aliphatic rings. The third-order valence-electron chi connectivity index (χ3n) is 5.56. The van der Waals surface area contributed by atoms with Gasteiger partial charge in [0.05, 0.1) is 5.41 Å². The topological polar surface area (TPSA) is 75.6 Å². The van der Waals surface area contributed by atoms with E-state index in [4.69, 9.17) is 4.74 Å². The number of carboxylic acid groups (broad SMARTS) is 1. The molecule has 0 aliphatic carbocycles. The maximum atomic E-state index is 12.7. The summed E-state index contributed by atoms with van der Waals surface area (Å²) in [7, 11) is 0. The van der Waals surface area contributed by atoms with Crippen molar-refractivity contribution in [2.75, 3.05) is 19.8 Å². The summed E-state index contributed by atoms with van der Waals surface area (Å²) in [5.41, 5.74) is 1.37. The molecule has 2 aromatic rings. The van der Waals surface area contributed by atoms with Gasteiger partial charge in [-0.05, 0) is 36.3 Å². The Morgan fingerprint density at radius 1 is 1.00 bits per heavy atom. The second-order valence-electron chi connectivity index (χ2n) is 7.48. The van der Waals surface area contributed by atoms with Gasteiger partial charge in [0, 0.05) is 26.2 Å². The summed E-state index contributed by atoms with van der Waals surface area (Å²) in [6.45, 7) is 0.989. The average Bonchev–Trinajstić information content (AvgIpc) is 2.74. The summed E-state index contributed by atoms with van der Waals surface area (Å²) in [4.78, 5) is 24.5. The Labute approximate surface area is 165 Å². The Morgan fingerprint density at radius 3 is 2.21 bits per heavy atom. The van der Waals surface area contributed by atoms with Gasteiger partial charge < -0.3 is 15.2 Å². The minimum Gasteiger partial charge on any atom is -0.481 e. The molecule has 5 nitrogen and oxygen atoms in total. The fourth-order valence-corrected chi connectivity index (χ4v) is 3.72. The van der Waals surface area contributed by atoms with Crippen molar-refractivity contribution in [1.29, 1.82) is 0 Å². The molecule has 2 aromatic carbocycles. The third kappa shape index (κ3) is 5.20. The summed E-state index contributed by atoms with van der Waals surface area (Å²) >= 11 is 0. The van der Waals surface area contributed by atoms with Crippen LogP contribution in [0.2, 0.25) is 0 Å². The van der Waals surface area contributed by atoms with Crippen molar-refractivity contribution in [1.82, 2.24) is 5.32 Å². The number of carboxylic acids is 1. The normalized spacial score (nSPS) is 16.9. The number of carbonyl (C=O) groups is 2. The van der Waals surface area contributed by atoms with E-state index in [2.05, 4.69) is 17.4 Å². The number of hydrogen-bond acceptors (Lipinski definition) is 3. The summed E-state index contributed by atoms with van der Waals surface area (Å²) in [5, 5.41) is 12.5. The first kappa shape index (κ1) is 20.1. The molecule has 3 rings (SSSR count). The van der Waals surface area contributed by atoms with Gasteiger partial charge in [-0.1, -0.05) is 60.7 Å². The summed E-state index contributed by atoms with van der Waals surface area (Å²) in [6, 6.07) is 20.1. The highest BCUT2D eigenvalue weighted by Gasteiger charge is 2.40. The largest absolute Gasteiger partial charge is 0.481 e. The lowest BCUT2D eigenvalue weighted by atomic mass is 9.80. The molecule has 0 spiro atoms. The Balaban J connectivity index is 1.66. The highest BCUT2D eigenvalue weighted by molar-refractivity contribution is 5.79. The van der Waals surface area contributed by atoms with Crippen molar-refractivity contribution in [2.45, 2.75) is 31.6 Å². The van der Waals surface area contributed by atoms with E-state index in [9.17, 15) is 14.7 Å². The van der Waals surface area contributed by atoms with E-state index in [0.29, 0.717) is 32.5 Å². The molecule has 1 fully saturated rings. The maximum Gasteiger partial charge on any atom is 0.311 e. The van der Waals surface area contributed by atoms with Crippen LogP contribution in [0.5, 0.6) is 0 Å². The van der Waals surface area contributed by atoms with E-state index in [0.717, 1.165) is 12.0 Å². The molecule has 1 amide bonds. The van der Waals surface area contributed by atoms with Crippen molar-refractivity contribution in [2.24, 2.45) is 5.41 Å². The number of carbonyl (C=O) groups excluding carboxylic acids is 1. The lowest BCUT2D eigenvalue weighted by Gasteiger charge is -2.33. The van der Waals surface area contributed by atoms with E-state index >= 15 is 0 Å². The van der Waals surface area contributed by atoms with Crippen LogP contribution in [0.15, 0.2) is 60.7 Å².